The maximum Gasteiger partial charge on any atom is 0.200 e. The summed E-state index contributed by atoms with van der Waals surface area (Å²) in [5.41, 5.74) is 0. The van der Waals surface area contributed by atoms with Gasteiger partial charge in [0.2, 0.25) is 0 Å². The molecule has 0 saturated heterocycles. The van der Waals surface area contributed by atoms with E-state index in [1.807, 2.05) is 20.4 Å². The Balaban J connectivity index is 4.93. The van der Waals surface area contributed by atoms with Crippen LogP contribution in [0.2, 0.25) is 12.6 Å². The first-order chi connectivity index (χ1) is 7.56. The van der Waals surface area contributed by atoms with Crippen LogP contribution in [0.15, 0.2) is 12.7 Å². The minimum absolute atomic E-state index is 0.126. The van der Waals surface area contributed by atoms with Gasteiger partial charge < -0.3 is 14.3 Å². The van der Waals surface area contributed by atoms with Crippen LogP contribution in [0.25, 0.3) is 0 Å². The monoisotopic (exact) mass is 244 g/mol. The Hall–Kier alpha value is -0.453. The van der Waals surface area contributed by atoms with Crippen molar-refractivity contribution in [3.8, 4) is 0 Å². The van der Waals surface area contributed by atoms with Gasteiger partial charge >= 0.3 is 0 Å². The molecule has 0 radical (unpaired) electrons. The highest BCUT2D eigenvalue weighted by atomic mass is 28.3. The summed E-state index contributed by atoms with van der Waals surface area (Å²) in [5.74, 6) is -0.340. The van der Waals surface area contributed by atoms with Gasteiger partial charge in [-0.1, -0.05) is 26.5 Å². The van der Waals surface area contributed by atoms with E-state index in [9.17, 15) is 4.79 Å². The summed E-state index contributed by atoms with van der Waals surface area (Å²) in [5, 5.41) is 0.126. The summed E-state index contributed by atoms with van der Waals surface area (Å²) in [6.45, 7) is 12.7. The van der Waals surface area contributed by atoms with Gasteiger partial charge in [-0.05, 0) is 26.0 Å². The third-order valence-electron chi connectivity index (χ3n) is 2.67. The number of rotatable bonds is 9. The van der Waals surface area contributed by atoms with Gasteiger partial charge in [-0.15, -0.1) is 0 Å². The quantitative estimate of drug-likeness (QED) is 0.355. The first kappa shape index (κ1) is 15.5. The molecule has 3 nitrogen and oxygen atoms in total. The predicted molar refractivity (Wildman–Crippen MR) is 69.0 cm³/mol. The highest BCUT2D eigenvalue weighted by molar-refractivity contribution is 7.07. The van der Waals surface area contributed by atoms with Crippen LogP contribution in [0.5, 0.6) is 0 Å². The van der Waals surface area contributed by atoms with E-state index in [0.29, 0.717) is 13.2 Å². The van der Waals surface area contributed by atoms with Crippen molar-refractivity contribution in [3.63, 3.8) is 0 Å². The molecule has 0 fully saturated rings. The van der Waals surface area contributed by atoms with E-state index >= 15 is 0 Å². The Kier molecular flexibility index (Phi) is 7.54. The van der Waals surface area contributed by atoms with Crippen molar-refractivity contribution in [2.45, 2.75) is 45.7 Å². The van der Waals surface area contributed by atoms with Crippen LogP contribution < -0.4 is 0 Å². The maximum absolute atomic E-state index is 12.0. The number of hydrogen-bond donors (Lipinski definition) is 0. The van der Waals surface area contributed by atoms with Gasteiger partial charge in [0.1, 0.15) is 11.3 Å². The summed E-state index contributed by atoms with van der Waals surface area (Å²) >= 11 is 0. The predicted octanol–water partition coefficient (Wildman–Crippen LogP) is 2.71. The Morgan fingerprint density at radius 2 is 1.81 bits per heavy atom. The van der Waals surface area contributed by atoms with E-state index in [1.165, 1.54) is 6.08 Å². The molecule has 0 aromatic rings. The van der Waals surface area contributed by atoms with Crippen molar-refractivity contribution in [1.29, 1.82) is 0 Å². The third kappa shape index (κ3) is 3.85. The van der Waals surface area contributed by atoms with Crippen LogP contribution in [0, 0.1) is 0 Å². The second kappa shape index (κ2) is 7.76. The van der Waals surface area contributed by atoms with Crippen LogP contribution in [-0.4, -0.2) is 32.6 Å². The van der Waals surface area contributed by atoms with E-state index in [4.69, 9.17) is 9.47 Å². The Bertz CT molecular complexity index is 224. The van der Waals surface area contributed by atoms with Crippen molar-refractivity contribution in [3.05, 3.63) is 12.7 Å². The molecule has 0 aromatic carbocycles. The summed E-state index contributed by atoms with van der Waals surface area (Å²) in [7, 11) is -2.23. The molecule has 0 aliphatic carbocycles. The standard InChI is InChI=1S/C12H24O3Si/c1-6-10-16(5,11(13)7-2)12(14-8-3)15-9-4/h7,12H,2,6,8-10H2,1,3-5H3. The van der Waals surface area contributed by atoms with Crippen LogP contribution in [-0.2, 0) is 14.3 Å². The van der Waals surface area contributed by atoms with Gasteiger partial charge in [0.25, 0.3) is 0 Å². The maximum atomic E-state index is 12.0. The van der Waals surface area contributed by atoms with Crippen molar-refractivity contribution in [2.24, 2.45) is 0 Å². The molecule has 16 heavy (non-hydrogen) atoms. The second-order valence-corrected chi connectivity index (χ2v) is 8.28. The fourth-order valence-electron chi connectivity index (χ4n) is 1.83. The molecule has 0 amide bonds. The topological polar surface area (TPSA) is 35.5 Å². The van der Waals surface area contributed by atoms with Crippen molar-refractivity contribution in [1.82, 2.24) is 0 Å². The van der Waals surface area contributed by atoms with Crippen LogP contribution in [0.1, 0.15) is 27.2 Å². The molecule has 0 aliphatic heterocycles. The number of hydrogen-bond acceptors (Lipinski definition) is 3. The summed E-state index contributed by atoms with van der Waals surface area (Å²) < 4.78 is 11.2. The SMILES string of the molecule is C=CC(=O)[Si](C)(CCC)C(OCC)OCC. The average molecular weight is 244 g/mol. The molecule has 0 spiro atoms. The van der Waals surface area contributed by atoms with Crippen molar-refractivity contribution in [2.75, 3.05) is 13.2 Å². The molecule has 1 unspecified atom stereocenters. The Morgan fingerprint density at radius 1 is 1.31 bits per heavy atom. The Labute approximate surface area is 99.8 Å². The lowest BCUT2D eigenvalue weighted by Crippen LogP contribution is -2.54. The Morgan fingerprint density at radius 3 is 2.12 bits per heavy atom. The lowest BCUT2D eigenvalue weighted by molar-refractivity contribution is -0.114. The fourth-order valence-corrected chi connectivity index (χ4v) is 5.12. The summed E-state index contributed by atoms with van der Waals surface area (Å²) in [6.07, 6.45) is 2.39. The van der Waals surface area contributed by atoms with Crippen LogP contribution in [0.4, 0.5) is 0 Å². The van der Waals surface area contributed by atoms with Crippen molar-refractivity contribution < 1.29 is 14.3 Å². The largest absolute Gasteiger partial charge is 0.356 e. The molecular formula is C12H24O3Si. The highest BCUT2D eigenvalue weighted by Gasteiger charge is 2.43. The smallest absolute Gasteiger partial charge is 0.200 e. The van der Waals surface area contributed by atoms with Gasteiger partial charge in [-0.25, -0.2) is 0 Å². The molecule has 0 N–H and O–H groups in total. The number of allylic oxidation sites excluding steroid dienone is 1. The van der Waals surface area contributed by atoms with E-state index < -0.39 is 8.07 Å². The fraction of sp³-hybridized carbons (Fsp3) is 0.750. The molecule has 0 aromatic heterocycles. The normalized spacial score (nSPS) is 14.8. The number of ether oxygens (including phenoxy) is 2. The molecule has 0 aliphatic rings. The first-order valence-electron chi connectivity index (χ1n) is 5.96. The van der Waals surface area contributed by atoms with Crippen LogP contribution >= 0.6 is 0 Å². The summed E-state index contributed by atoms with van der Waals surface area (Å²) in [6, 6.07) is 0.878. The minimum atomic E-state index is -2.23. The van der Waals surface area contributed by atoms with E-state index in [-0.39, 0.29) is 11.3 Å². The van der Waals surface area contributed by atoms with Gasteiger partial charge in [0.05, 0.1) is 0 Å². The zero-order valence-corrected chi connectivity index (χ0v) is 11.9. The zero-order chi connectivity index (χ0) is 12.6. The molecule has 1 atom stereocenters. The molecule has 0 bridgehead atoms. The molecule has 94 valence electrons. The van der Waals surface area contributed by atoms with E-state index in [0.717, 1.165) is 12.5 Å². The van der Waals surface area contributed by atoms with Gasteiger partial charge in [-0.3, -0.25) is 0 Å². The second-order valence-electron chi connectivity index (χ2n) is 3.98. The van der Waals surface area contributed by atoms with Gasteiger partial charge in [-0.2, -0.15) is 0 Å². The highest BCUT2D eigenvalue weighted by Crippen LogP contribution is 2.22. The van der Waals surface area contributed by atoms with Crippen LogP contribution in [0.3, 0.4) is 0 Å². The molecular weight excluding hydrogens is 220 g/mol. The molecule has 0 saturated carbocycles. The summed E-state index contributed by atoms with van der Waals surface area (Å²) in [4.78, 5) is 12.0. The molecule has 0 rings (SSSR count). The third-order valence-corrected chi connectivity index (χ3v) is 6.92. The zero-order valence-electron chi connectivity index (χ0n) is 10.9. The minimum Gasteiger partial charge on any atom is -0.356 e. The lowest BCUT2D eigenvalue weighted by atomic mass is 10.6. The van der Waals surface area contributed by atoms with E-state index in [1.54, 1.807) is 0 Å². The number of carbonyl (C=O) groups excluding carboxylic acids is 1. The first-order valence-corrected chi connectivity index (χ1v) is 8.75. The molecule has 4 heteroatoms. The average Bonchev–Trinajstić information content (AvgIpc) is 2.27. The molecule has 0 heterocycles. The number of carbonyl (C=O) groups is 1. The van der Waals surface area contributed by atoms with E-state index in [2.05, 4.69) is 13.5 Å². The van der Waals surface area contributed by atoms with Gasteiger partial charge in [0, 0.05) is 13.2 Å². The van der Waals surface area contributed by atoms with Gasteiger partial charge in [0.15, 0.2) is 8.07 Å². The van der Waals surface area contributed by atoms with Crippen molar-refractivity contribution >= 4 is 13.5 Å². The lowest BCUT2D eigenvalue weighted by Gasteiger charge is -2.32.